The van der Waals surface area contributed by atoms with E-state index < -0.39 is 11.7 Å². The van der Waals surface area contributed by atoms with E-state index in [-0.39, 0.29) is 12.0 Å². The Balaban J connectivity index is 1.73. The lowest BCUT2D eigenvalue weighted by molar-refractivity contribution is -0.148. The van der Waals surface area contributed by atoms with Crippen molar-refractivity contribution in [3.05, 3.63) is 0 Å². The van der Waals surface area contributed by atoms with Crippen LogP contribution in [-0.4, -0.2) is 60.0 Å². The third kappa shape index (κ3) is 3.93. The summed E-state index contributed by atoms with van der Waals surface area (Å²) in [6, 6.07) is 0. The van der Waals surface area contributed by atoms with Gasteiger partial charge in [0.05, 0.1) is 18.3 Å². The van der Waals surface area contributed by atoms with Crippen LogP contribution in [0, 0.1) is 0 Å². The van der Waals surface area contributed by atoms with Crippen LogP contribution in [0.25, 0.3) is 0 Å². The Bertz CT molecular complexity index is 320. The maximum atomic E-state index is 12.3. The Labute approximate surface area is 121 Å². The molecule has 0 aromatic carbocycles. The molecule has 5 heteroatoms. The first-order chi connectivity index (χ1) is 9.54. The molecule has 1 amide bonds. The van der Waals surface area contributed by atoms with Gasteiger partial charge in [0, 0.05) is 19.7 Å². The number of ether oxygens (including phenoxy) is 2. The van der Waals surface area contributed by atoms with Crippen molar-refractivity contribution in [1.29, 1.82) is 0 Å². The fraction of sp³-hybridized carbons (Fsp3) is 0.933. The van der Waals surface area contributed by atoms with Crippen molar-refractivity contribution >= 4 is 5.91 Å². The number of carbonyl (C=O) groups excluding carboxylic acids is 1. The Hall–Kier alpha value is -0.650. The molecule has 0 aromatic rings. The average Bonchev–Trinajstić information content (AvgIpc) is 2.98. The van der Waals surface area contributed by atoms with Gasteiger partial charge in [-0.3, -0.25) is 4.79 Å². The highest BCUT2D eigenvalue weighted by molar-refractivity contribution is 5.80. The van der Waals surface area contributed by atoms with Gasteiger partial charge in [-0.1, -0.05) is 6.92 Å². The van der Waals surface area contributed by atoms with Gasteiger partial charge in [-0.15, -0.1) is 0 Å². The molecule has 2 aliphatic heterocycles. The van der Waals surface area contributed by atoms with E-state index in [0.717, 1.165) is 25.9 Å². The minimum Gasteiger partial charge on any atom is -0.390 e. The summed E-state index contributed by atoms with van der Waals surface area (Å²) in [4.78, 5) is 14.1. The van der Waals surface area contributed by atoms with Gasteiger partial charge in [-0.05, 0) is 39.0 Å². The predicted octanol–water partition coefficient (Wildman–Crippen LogP) is 1.33. The predicted molar refractivity (Wildman–Crippen MR) is 75.4 cm³/mol. The highest BCUT2D eigenvalue weighted by Crippen LogP contribution is 2.25. The molecule has 0 spiro atoms. The first kappa shape index (κ1) is 15.7. The van der Waals surface area contributed by atoms with E-state index in [1.165, 1.54) is 0 Å². The molecule has 2 fully saturated rings. The highest BCUT2D eigenvalue weighted by Gasteiger charge is 2.33. The molecule has 2 heterocycles. The lowest BCUT2D eigenvalue weighted by Gasteiger charge is -2.38. The third-order valence-electron chi connectivity index (χ3n) is 4.57. The van der Waals surface area contributed by atoms with Crippen LogP contribution in [0.4, 0.5) is 0 Å². The maximum Gasteiger partial charge on any atom is 0.251 e. The van der Waals surface area contributed by atoms with E-state index >= 15 is 0 Å². The second kappa shape index (κ2) is 6.87. The summed E-state index contributed by atoms with van der Waals surface area (Å²) in [6.07, 6.45) is 3.90. The highest BCUT2D eigenvalue weighted by atomic mass is 16.5. The minimum absolute atomic E-state index is 0.0288. The van der Waals surface area contributed by atoms with Gasteiger partial charge in [0.15, 0.2) is 0 Å². The standard InChI is InChI=1S/C15H27NO4/c1-3-15(18)6-8-16(9-7-15)14(17)12(2)20-11-13-5-4-10-19-13/h12-13,18H,3-11H2,1-2H3. The molecule has 116 valence electrons. The van der Waals surface area contributed by atoms with Gasteiger partial charge in [0.1, 0.15) is 6.10 Å². The first-order valence-electron chi connectivity index (χ1n) is 7.78. The number of hydrogen-bond donors (Lipinski definition) is 1. The number of carbonyl (C=O) groups is 1. The van der Waals surface area contributed by atoms with E-state index in [9.17, 15) is 9.90 Å². The van der Waals surface area contributed by atoms with Crippen molar-refractivity contribution < 1.29 is 19.4 Å². The minimum atomic E-state index is -0.585. The fourth-order valence-electron chi connectivity index (χ4n) is 2.85. The summed E-state index contributed by atoms with van der Waals surface area (Å²) in [6.45, 7) is 6.34. The number of hydrogen-bond acceptors (Lipinski definition) is 4. The molecule has 2 rings (SSSR count). The van der Waals surface area contributed by atoms with Crippen molar-refractivity contribution in [1.82, 2.24) is 4.90 Å². The molecule has 2 saturated heterocycles. The van der Waals surface area contributed by atoms with E-state index in [4.69, 9.17) is 9.47 Å². The first-order valence-corrected chi connectivity index (χ1v) is 7.78. The molecule has 5 nitrogen and oxygen atoms in total. The molecule has 1 N–H and O–H groups in total. The van der Waals surface area contributed by atoms with Gasteiger partial charge in [0.25, 0.3) is 5.91 Å². The molecule has 0 radical (unpaired) electrons. The van der Waals surface area contributed by atoms with Gasteiger partial charge < -0.3 is 19.5 Å². The quantitative estimate of drug-likeness (QED) is 0.828. The van der Waals surface area contributed by atoms with E-state index in [1.807, 2.05) is 11.8 Å². The summed E-state index contributed by atoms with van der Waals surface area (Å²) < 4.78 is 11.1. The molecule has 2 atom stereocenters. The molecule has 20 heavy (non-hydrogen) atoms. The maximum absolute atomic E-state index is 12.3. The largest absolute Gasteiger partial charge is 0.390 e. The van der Waals surface area contributed by atoms with Gasteiger partial charge >= 0.3 is 0 Å². The number of rotatable bonds is 5. The van der Waals surface area contributed by atoms with Crippen molar-refractivity contribution in [2.75, 3.05) is 26.3 Å². The molecule has 2 unspecified atom stereocenters. The molecule has 2 aliphatic rings. The lowest BCUT2D eigenvalue weighted by Crippen LogP contribution is -2.49. The SMILES string of the molecule is CCC1(O)CCN(C(=O)C(C)OCC2CCCO2)CC1. The summed E-state index contributed by atoms with van der Waals surface area (Å²) in [5, 5.41) is 10.2. The van der Waals surface area contributed by atoms with Gasteiger partial charge in [-0.2, -0.15) is 0 Å². The van der Waals surface area contributed by atoms with E-state index in [0.29, 0.717) is 32.5 Å². The average molecular weight is 285 g/mol. The van der Waals surface area contributed by atoms with Crippen molar-refractivity contribution in [3.8, 4) is 0 Å². The third-order valence-corrected chi connectivity index (χ3v) is 4.57. The molecular weight excluding hydrogens is 258 g/mol. The number of nitrogens with zero attached hydrogens (tertiary/aromatic N) is 1. The Morgan fingerprint density at radius 2 is 2.20 bits per heavy atom. The molecule has 0 aromatic heterocycles. The number of aliphatic hydroxyl groups is 1. The van der Waals surface area contributed by atoms with Crippen LogP contribution >= 0.6 is 0 Å². The Morgan fingerprint density at radius 3 is 2.75 bits per heavy atom. The topological polar surface area (TPSA) is 59.0 Å². The zero-order valence-electron chi connectivity index (χ0n) is 12.6. The van der Waals surface area contributed by atoms with Crippen LogP contribution in [0.1, 0.15) is 46.0 Å². The molecule has 0 saturated carbocycles. The van der Waals surface area contributed by atoms with Crippen molar-refractivity contribution in [2.45, 2.75) is 63.8 Å². The Morgan fingerprint density at radius 1 is 1.50 bits per heavy atom. The second-order valence-corrected chi connectivity index (χ2v) is 6.01. The normalized spacial score (nSPS) is 27.6. The number of amides is 1. The van der Waals surface area contributed by atoms with E-state index in [1.54, 1.807) is 6.92 Å². The summed E-state index contributed by atoms with van der Waals surface area (Å²) in [5.74, 6) is 0.0288. The van der Waals surface area contributed by atoms with Gasteiger partial charge in [-0.25, -0.2) is 0 Å². The van der Waals surface area contributed by atoms with Crippen LogP contribution in [-0.2, 0) is 14.3 Å². The molecule has 0 aliphatic carbocycles. The van der Waals surface area contributed by atoms with Crippen LogP contribution in [0.5, 0.6) is 0 Å². The molecule has 0 bridgehead atoms. The number of likely N-dealkylation sites (tertiary alicyclic amines) is 1. The van der Waals surface area contributed by atoms with Crippen molar-refractivity contribution in [2.24, 2.45) is 0 Å². The van der Waals surface area contributed by atoms with Crippen LogP contribution < -0.4 is 0 Å². The Kier molecular flexibility index (Phi) is 5.41. The zero-order valence-corrected chi connectivity index (χ0v) is 12.6. The van der Waals surface area contributed by atoms with Crippen molar-refractivity contribution in [3.63, 3.8) is 0 Å². The van der Waals surface area contributed by atoms with Gasteiger partial charge in [0.2, 0.25) is 0 Å². The monoisotopic (exact) mass is 285 g/mol. The smallest absolute Gasteiger partial charge is 0.251 e. The zero-order chi connectivity index (χ0) is 14.6. The lowest BCUT2D eigenvalue weighted by atomic mass is 9.89. The van der Waals surface area contributed by atoms with E-state index in [2.05, 4.69) is 0 Å². The fourth-order valence-corrected chi connectivity index (χ4v) is 2.85. The molecular formula is C15H27NO4. The second-order valence-electron chi connectivity index (χ2n) is 6.01. The van der Waals surface area contributed by atoms with Crippen LogP contribution in [0.2, 0.25) is 0 Å². The van der Waals surface area contributed by atoms with Crippen LogP contribution in [0.15, 0.2) is 0 Å². The summed E-state index contributed by atoms with van der Waals surface area (Å²) in [5.41, 5.74) is -0.585. The van der Waals surface area contributed by atoms with Crippen LogP contribution in [0.3, 0.4) is 0 Å². The summed E-state index contributed by atoms with van der Waals surface area (Å²) >= 11 is 0. The summed E-state index contributed by atoms with van der Waals surface area (Å²) in [7, 11) is 0. The number of piperidine rings is 1.